The van der Waals surface area contributed by atoms with Crippen LogP contribution in [0.3, 0.4) is 0 Å². The maximum Gasteiger partial charge on any atom is 0.260 e. The molecule has 2 rings (SSSR count). The van der Waals surface area contributed by atoms with Crippen molar-refractivity contribution >= 4 is 6.29 Å². The number of carbonyl (C=O) groups excluding carboxylic acids is 1. The van der Waals surface area contributed by atoms with Gasteiger partial charge in [0.2, 0.25) is 6.29 Å². The molecule has 76 valence electrons. The first-order valence-corrected chi connectivity index (χ1v) is 4.42. The number of aromatic nitrogens is 1. The number of aryl methyl sites for hydroxylation is 1. The number of aromatic hydroxyl groups is 1. The number of aldehydes is 1. The van der Waals surface area contributed by atoms with Crippen LogP contribution in [-0.4, -0.2) is 16.4 Å². The second-order valence-electron chi connectivity index (χ2n) is 3.13. The molecule has 1 aromatic heterocycles. The minimum atomic E-state index is 0.0653. The number of rotatable bonds is 2. The van der Waals surface area contributed by atoms with Crippen LogP contribution in [0, 0.1) is 6.92 Å². The second-order valence-corrected chi connectivity index (χ2v) is 3.13. The second kappa shape index (κ2) is 3.57. The number of carbonyl (C=O) groups is 1. The average molecular weight is 203 g/mol. The van der Waals surface area contributed by atoms with Gasteiger partial charge in [0.1, 0.15) is 5.75 Å². The molecule has 2 aromatic rings. The lowest BCUT2D eigenvalue weighted by Crippen LogP contribution is -1.78. The van der Waals surface area contributed by atoms with Gasteiger partial charge in [-0.3, -0.25) is 4.79 Å². The van der Waals surface area contributed by atoms with E-state index in [1.165, 1.54) is 0 Å². The third-order valence-corrected chi connectivity index (χ3v) is 2.04. The SMILES string of the molecule is Cc1nc(C=O)oc1-c1ccc(O)cc1. The average Bonchev–Trinajstić information content (AvgIpc) is 2.61. The summed E-state index contributed by atoms with van der Waals surface area (Å²) in [6.45, 7) is 1.76. The van der Waals surface area contributed by atoms with Gasteiger partial charge < -0.3 is 9.52 Å². The van der Waals surface area contributed by atoms with E-state index in [4.69, 9.17) is 9.52 Å². The first-order valence-electron chi connectivity index (χ1n) is 4.42. The Morgan fingerprint density at radius 2 is 2.00 bits per heavy atom. The molecule has 0 saturated carbocycles. The summed E-state index contributed by atoms with van der Waals surface area (Å²) >= 11 is 0. The molecule has 0 amide bonds. The van der Waals surface area contributed by atoms with Crippen molar-refractivity contribution in [2.24, 2.45) is 0 Å². The Morgan fingerprint density at radius 1 is 1.33 bits per heavy atom. The first kappa shape index (κ1) is 9.45. The molecule has 0 fully saturated rings. The number of benzene rings is 1. The summed E-state index contributed by atoms with van der Waals surface area (Å²) in [5, 5.41) is 9.12. The molecule has 1 heterocycles. The van der Waals surface area contributed by atoms with Crippen molar-refractivity contribution in [1.29, 1.82) is 0 Å². The summed E-state index contributed by atoms with van der Waals surface area (Å²) in [7, 11) is 0. The zero-order valence-corrected chi connectivity index (χ0v) is 8.10. The number of nitrogens with zero attached hydrogens (tertiary/aromatic N) is 1. The predicted octanol–water partition coefficient (Wildman–Crippen LogP) is 2.17. The highest BCUT2D eigenvalue weighted by molar-refractivity contribution is 5.70. The summed E-state index contributed by atoms with van der Waals surface area (Å²) in [5.74, 6) is 0.805. The highest BCUT2D eigenvalue weighted by atomic mass is 16.4. The van der Waals surface area contributed by atoms with Crippen molar-refractivity contribution in [3.05, 3.63) is 35.9 Å². The lowest BCUT2D eigenvalue weighted by Gasteiger charge is -1.97. The molecule has 0 saturated heterocycles. The molecule has 15 heavy (non-hydrogen) atoms. The van der Waals surface area contributed by atoms with Crippen molar-refractivity contribution in [2.75, 3.05) is 0 Å². The number of hydrogen-bond acceptors (Lipinski definition) is 4. The van der Waals surface area contributed by atoms with Crippen LogP contribution >= 0.6 is 0 Å². The van der Waals surface area contributed by atoms with E-state index in [0.717, 1.165) is 5.56 Å². The molecule has 0 aliphatic rings. The standard InChI is InChI=1S/C11H9NO3/c1-7-11(15-10(6-13)12-7)8-2-4-9(14)5-3-8/h2-6,14H,1H3. The van der Waals surface area contributed by atoms with Crippen LogP contribution in [-0.2, 0) is 0 Å². The smallest absolute Gasteiger partial charge is 0.260 e. The lowest BCUT2D eigenvalue weighted by atomic mass is 10.1. The van der Waals surface area contributed by atoms with Gasteiger partial charge in [0.05, 0.1) is 5.69 Å². The highest BCUT2D eigenvalue weighted by Crippen LogP contribution is 2.25. The Labute approximate surface area is 86.2 Å². The maximum atomic E-state index is 10.5. The number of oxazole rings is 1. The van der Waals surface area contributed by atoms with Crippen molar-refractivity contribution in [3.8, 4) is 17.1 Å². The monoisotopic (exact) mass is 203 g/mol. The molecule has 0 atom stereocenters. The van der Waals surface area contributed by atoms with Gasteiger partial charge >= 0.3 is 0 Å². The minimum Gasteiger partial charge on any atom is -0.508 e. The van der Waals surface area contributed by atoms with E-state index in [-0.39, 0.29) is 11.6 Å². The molecule has 0 bridgehead atoms. The third-order valence-electron chi connectivity index (χ3n) is 2.04. The summed E-state index contributed by atoms with van der Waals surface area (Å²) in [6, 6.07) is 6.52. The van der Waals surface area contributed by atoms with Gasteiger partial charge in [-0.05, 0) is 31.2 Å². The van der Waals surface area contributed by atoms with E-state index in [9.17, 15) is 4.79 Å². The van der Waals surface area contributed by atoms with Gasteiger partial charge in [-0.1, -0.05) is 0 Å². The molecule has 0 aliphatic heterocycles. The zero-order chi connectivity index (χ0) is 10.8. The number of phenolic OH excluding ortho intramolecular Hbond substituents is 1. The van der Waals surface area contributed by atoms with E-state index in [2.05, 4.69) is 4.98 Å². The van der Waals surface area contributed by atoms with Crippen LogP contribution < -0.4 is 0 Å². The molecule has 4 nitrogen and oxygen atoms in total. The largest absolute Gasteiger partial charge is 0.508 e. The lowest BCUT2D eigenvalue weighted by molar-refractivity contribution is 0.109. The fourth-order valence-corrected chi connectivity index (χ4v) is 1.35. The number of phenols is 1. The Morgan fingerprint density at radius 3 is 2.53 bits per heavy atom. The van der Waals surface area contributed by atoms with Gasteiger partial charge in [-0.15, -0.1) is 0 Å². The summed E-state index contributed by atoms with van der Waals surface area (Å²) in [6.07, 6.45) is 0.566. The van der Waals surface area contributed by atoms with E-state index in [0.29, 0.717) is 17.7 Å². The Kier molecular flexibility index (Phi) is 2.25. The zero-order valence-electron chi connectivity index (χ0n) is 8.10. The van der Waals surface area contributed by atoms with E-state index < -0.39 is 0 Å². The maximum absolute atomic E-state index is 10.5. The van der Waals surface area contributed by atoms with E-state index >= 15 is 0 Å². The van der Waals surface area contributed by atoms with Crippen LogP contribution in [0.1, 0.15) is 16.4 Å². The Hall–Kier alpha value is -2.10. The van der Waals surface area contributed by atoms with Gasteiger partial charge in [0.15, 0.2) is 5.76 Å². The predicted molar refractivity (Wildman–Crippen MR) is 53.7 cm³/mol. The molecule has 1 N–H and O–H groups in total. The third kappa shape index (κ3) is 1.74. The molecule has 0 spiro atoms. The van der Waals surface area contributed by atoms with Crippen LogP contribution in [0.2, 0.25) is 0 Å². The normalized spacial score (nSPS) is 10.2. The fraction of sp³-hybridized carbons (Fsp3) is 0.0909. The summed E-state index contributed by atoms with van der Waals surface area (Å²) in [5.41, 5.74) is 1.44. The Bertz CT molecular complexity index is 485. The van der Waals surface area contributed by atoms with Gasteiger partial charge in [-0.2, -0.15) is 0 Å². The van der Waals surface area contributed by atoms with Crippen LogP contribution in [0.25, 0.3) is 11.3 Å². The highest BCUT2D eigenvalue weighted by Gasteiger charge is 2.10. The van der Waals surface area contributed by atoms with Crippen molar-refractivity contribution < 1.29 is 14.3 Å². The summed E-state index contributed by atoms with van der Waals surface area (Å²) in [4.78, 5) is 14.4. The molecule has 4 heteroatoms. The quantitative estimate of drug-likeness (QED) is 0.759. The number of hydrogen-bond donors (Lipinski definition) is 1. The van der Waals surface area contributed by atoms with Crippen molar-refractivity contribution in [1.82, 2.24) is 4.98 Å². The van der Waals surface area contributed by atoms with Crippen LogP contribution in [0.15, 0.2) is 28.7 Å². The molecule has 0 unspecified atom stereocenters. The van der Waals surface area contributed by atoms with Gasteiger partial charge in [0.25, 0.3) is 5.89 Å². The van der Waals surface area contributed by atoms with Crippen molar-refractivity contribution in [2.45, 2.75) is 6.92 Å². The van der Waals surface area contributed by atoms with E-state index in [1.807, 2.05) is 0 Å². The first-order chi connectivity index (χ1) is 7.20. The molecule has 1 aromatic carbocycles. The molecular weight excluding hydrogens is 194 g/mol. The van der Waals surface area contributed by atoms with E-state index in [1.54, 1.807) is 31.2 Å². The molecular formula is C11H9NO3. The van der Waals surface area contributed by atoms with Gasteiger partial charge in [-0.25, -0.2) is 4.98 Å². The summed E-state index contributed by atoms with van der Waals surface area (Å²) < 4.78 is 5.23. The van der Waals surface area contributed by atoms with Crippen LogP contribution in [0.5, 0.6) is 5.75 Å². The molecule has 0 radical (unpaired) electrons. The molecule has 0 aliphatic carbocycles. The topological polar surface area (TPSA) is 63.3 Å². The Balaban J connectivity index is 2.48. The van der Waals surface area contributed by atoms with Crippen molar-refractivity contribution in [3.63, 3.8) is 0 Å². The van der Waals surface area contributed by atoms with Crippen LogP contribution in [0.4, 0.5) is 0 Å². The minimum absolute atomic E-state index is 0.0653. The van der Waals surface area contributed by atoms with Gasteiger partial charge in [0, 0.05) is 5.56 Å². The fourth-order valence-electron chi connectivity index (χ4n) is 1.35.